The molecule has 0 radical (unpaired) electrons. The van der Waals surface area contributed by atoms with Crippen molar-refractivity contribution in [2.75, 3.05) is 6.54 Å². The zero-order chi connectivity index (χ0) is 15.7. The Morgan fingerprint density at radius 1 is 1.41 bits per heavy atom. The number of nitrogens with two attached hydrogens (primary N) is 1. The van der Waals surface area contributed by atoms with E-state index in [1.165, 1.54) is 6.07 Å². The maximum atomic E-state index is 13.9. The van der Waals surface area contributed by atoms with Crippen LogP contribution in [0.3, 0.4) is 0 Å². The molecule has 1 aromatic heterocycles. The van der Waals surface area contributed by atoms with Crippen molar-refractivity contribution in [1.82, 2.24) is 9.88 Å². The summed E-state index contributed by atoms with van der Waals surface area (Å²) in [5.74, 6) is -0.594. The first kappa shape index (κ1) is 14.9. The lowest BCUT2D eigenvalue weighted by molar-refractivity contribution is -0.124. The molecule has 1 aliphatic heterocycles. The van der Waals surface area contributed by atoms with E-state index in [4.69, 9.17) is 5.73 Å². The summed E-state index contributed by atoms with van der Waals surface area (Å²) in [6, 6.07) is 7.12. The molecule has 2 N–H and O–H groups in total. The summed E-state index contributed by atoms with van der Waals surface area (Å²) in [7, 11) is 0. The molecule has 0 spiro atoms. The van der Waals surface area contributed by atoms with E-state index >= 15 is 0 Å². The number of pyridine rings is 1. The molecule has 5 heteroatoms. The van der Waals surface area contributed by atoms with Gasteiger partial charge < -0.3 is 5.73 Å². The highest BCUT2D eigenvalue weighted by Crippen LogP contribution is 2.26. The molecule has 1 aliphatic rings. The van der Waals surface area contributed by atoms with E-state index in [1.54, 1.807) is 24.4 Å². The fourth-order valence-electron chi connectivity index (χ4n) is 3.17. The van der Waals surface area contributed by atoms with Gasteiger partial charge in [0.05, 0.1) is 11.4 Å². The molecule has 116 valence electrons. The highest BCUT2D eigenvalue weighted by atomic mass is 19.1. The van der Waals surface area contributed by atoms with Crippen molar-refractivity contribution in [3.63, 3.8) is 0 Å². The van der Waals surface area contributed by atoms with E-state index in [1.807, 2.05) is 0 Å². The highest BCUT2D eigenvalue weighted by Gasteiger charge is 2.28. The number of carbonyl (C=O) groups excluding carboxylic acids is 1. The van der Waals surface area contributed by atoms with Crippen LogP contribution < -0.4 is 5.73 Å². The van der Waals surface area contributed by atoms with Crippen molar-refractivity contribution in [3.8, 4) is 0 Å². The second kappa shape index (κ2) is 6.01. The number of halogens is 1. The Morgan fingerprint density at radius 3 is 3.00 bits per heavy atom. The Morgan fingerprint density at radius 2 is 2.23 bits per heavy atom. The van der Waals surface area contributed by atoms with Crippen molar-refractivity contribution < 1.29 is 9.18 Å². The molecule has 4 nitrogen and oxygen atoms in total. The van der Waals surface area contributed by atoms with Gasteiger partial charge in [0.1, 0.15) is 5.82 Å². The van der Waals surface area contributed by atoms with Crippen LogP contribution in [-0.4, -0.2) is 28.4 Å². The van der Waals surface area contributed by atoms with E-state index in [9.17, 15) is 9.18 Å². The normalized spacial score (nSPS) is 22.8. The summed E-state index contributed by atoms with van der Waals surface area (Å²) in [4.78, 5) is 18.0. The van der Waals surface area contributed by atoms with Crippen molar-refractivity contribution >= 4 is 16.8 Å². The number of aromatic nitrogens is 1. The van der Waals surface area contributed by atoms with Crippen LogP contribution in [0, 0.1) is 11.7 Å². The van der Waals surface area contributed by atoms with Gasteiger partial charge in [-0.15, -0.1) is 0 Å². The summed E-state index contributed by atoms with van der Waals surface area (Å²) in [6.45, 7) is 3.46. The Bertz CT molecular complexity index is 703. The molecular formula is C17H20FN3O. The lowest BCUT2D eigenvalue weighted by atomic mass is 9.92. The van der Waals surface area contributed by atoms with Crippen molar-refractivity contribution in [2.24, 2.45) is 11.7 Å². The topological polar surface area (TPSA) is 59.2 Å². The third kappa shape index (κ3) is 2.81. The maximum absolute atomic E-state index is 13.9. The Hall–Kier alpha value is -2.01. The smallest absolute Gasteiger partial charge is 0.221 e. The molecule has 0 unspecified atom stereocenters. The number of hydrogen-bond donors (Lipinski definition) is 1. The summed E-state index contributed by atoms with van der Waals surface area (Å²) < 4.78 is 13.9. The molecule has 2 heterocycles. The third-order valence-electron chi connectivity index (χ3n) is 4.59. The minimum atomic E-state index is -0.256. The van der Waals surface area contributed by atoms with Crippen LogP contribution in [0.2, 0.25) is 0 Å². The number of rotatable bonds is 3. The van der Waals surface area contributed by atoms with Gasteiger partial charge in [-0.25, -0.2) is 4.39 Å². The number of amides is 1. The monoisotopic (exact) mass is 301 g/mol. The van der Waals surface area contributed by atoms with Gasteiger partial charge in [-0.3, -0.25) is 14.7 Å². The fourth-order valence-corrected chi connectivity index (χ4v) is 3.17. The van der Waals surface area contributed by atoms with E-state index in [2.05, 4.69) is 16.8 Å². The van der Waals surface area contributed by atoms with Crippen LogP contribution in [0.5, 0.6) is 0 Å². The molecule has 1 fully saturated rings. The lowest BCUT2D eigenvalue weighted by Gasteiger charge is -2.37. The van der Waals surface area contributed by atoms with Gasteiger partial charge in [-0.1, -0.05) is 6.07 Å². The van der Waals surface area contributed by atoms with Crippen molar-refractivity contribution in [1.29, 1.82) is 0 Å². The van der Waals surface area contributed by atoms with Crippen LogP contribution in [0.15, 0.2) is 30.5 Å². The van der Waals surface area contributed by atoms with Gasteiger partial charge in [0.25, 0.3) is 0 Å². The first-order chi connectivity index (χ1) is 10.6. The van der Waals surface area contributed by atoms with E-state index in [-0.39, 0.29) is 17.6 Å². The molecule has 2 atom stereocenters. The predicted molar refractivity (Wildman–Crippen MR) is 83.5 cm³/mol. The Labute approximate surface area is 129 Å². The van der Waals surface area contributed by atoms with Gasteiger partial charge in [-0.2, -0.15) is 0 Å². The molecule has 0 bridgehead atoms. The van der Waals surface area contributed by atoms with Gasteiger partial charge in [0, 0.05) is 30.7 Å². The Kier molecular flexibility index (Phi) is 4.07. The largest absolute Gasteiger partial charge is 0.369 e. The number of primary amides is 1. The summed E-state index contributed by atoms with van der Waals surface area (Å²) in [6.07, 6.45) is 3.46. The average molecular weight is 301 g/mol. The number of piperidine rings is 1. The molecule has 1 amide bonds. The summed E-state index contributed by atoms with van der Waals surface area (Å²) >= 11 is 0. The number of carbonyl (C=O) groups is 1. The standard InChI is InChI=1S/C17H20FN3O/c1-11-4-5-13(17(19)22)10-21(11)9-12-6-7-15(18)14-3-2-8-20-16(12)14/h2-3,6-8,11,13H,4-5,9-10H2,1H3,(H2,19,22)/t11-,13-/m1/s1. The van der Waals surface area contributed by atoms with Crippen LogP contribution in [0.25, 0.3) is 10.9 Å². The van der Waals surface area contributed by atoms with E-state index < -0.39 is 0 Å². The average Bonchev–Trinajstić information content (AvgIpc) is 2.52. The van der Waals surface area contributed by atoms with Gasteiger partial charge in [-0.05, 0) is 43.5 Å². The van der Waals surface area contributed by atoms with E-state index in [0.717, 1.165) is 18.4 Å². The zero-order valence-corrected chi connectivity index (χ0v) is 12.6. The summed E-state index contributed by atoms with van der Waals surface area (Å²) in [5.41, 5.74) is 7.12. The quantitative estimate of drug-likeness (QED) is 0.947. The highest BCUT2D eigenvalue weighted by molar-refractivity contribution is 5.82. The minimum absolute atomic E-state index is 0.101. The van der Waals surface area contributed by atoms with Crippen LogP contribution in [0.4, 0.5) is 4.39 Å². The molecule has 1 saturated heterocycles. The SMILES string of the molecule is C[C@@H]1CC[C@@H](C(N)=O)CN1Cc1ccc(F)c2cccnc12. The summed E-state index contributed by atoms with van der Waals surface area (Å²) in [5, 5.41) is 0.538. The second-order valence-electron chi connectivity index (χ2n) is 6.06. The molecular weight excluding hydrogens is 281 g/mol. The lowest BCUT2D eigenvalue weighted by Crippen LogP contribution is -2.45. The Balaban J connectivity index is 1.89. The molecule has 0 saturated carbocycles. The first-order valence-electron chi connectivity index (χ1n) is 7.61. The number of benzene rings is 1. The molecule has 3 rings (SSSR count). The zero-order valence-electron chi connectivity index (χ0n) is 12.6. The van der Waals surface area contributed by atoms with Gasteiger partial charge in [0.15, 0.2) is 0 Å². The number of hydrogen-bond acceptors (Lipinski definition) is 3. The third-order valence-corrected chi connectivity index (χ3v) is 4.59. The van der Waals surface area contributed by atoms with Crippen molar-refractivity contribution in [3.05, 3.63) is 41.8 Å². The number of nitrogens with zero attached hydrogens (tertiary/aromatic N) is 2. The van der Waals surface area contributed by atoms with E-state index in [0.29, 0.717) is 30.0 Å². The number of fused-ring (bicyclic) bond motifs is 1. The van der Waals surface area contributed by atoms with Crippen LogP contribution in [0.1, 0.15) is 25.3 Å². The fraction of sp³-hybridized carbons (Fsp3) is 0.412. The van der Waals surface area contributed by atoms with Gasteiger partial charge >= 0.3 is 0 Å². The molecule has 0 aliphatic carbocycles. The van der Waals surface area contributed by atoms with Crippen LogP contribution >= 0.6 is 0 Å². The van der Waals surface area contributed by atoms with Crippen LogP contribution in [-0.2, 0) is 11.3 Å². The molecule has 1 aromatic carbocycles. The predicted octanol–water partition coefficient (Wildman–Crippen LogP) is 2.46. The maximum Gasteiger partial charge on any atom is 0.221 e. The minimum Gasteiger partial charge on any atom is -0.369 e. The molecule has 22 heavy (non-hydrogen) atoms. The first-order valence-corrected chi connectivity index (χ1v) is 7.61. The van der Waals surface area contributed by atoms with Gasteiger partial charge in [0.2, 0.25) is 5.91 Å². The number of likely N-dealkylation sites (tertiary alicyclic amines) is 1. The second-order valence-corrected chi connectivity index (χ2v) is 6.06. The molecule has 2 aromatic rings. The van der Waals surface area contributed by atoms with Crippen molar-refractivity contribution in [2.45, 2.75) is 32.4 Å².